The molecule has 0 amide bonds. The van der Waals surface area contributed by atoms with E-state index in [9.17, 15) is 9.18 Å². The molecule has 0 unspecified atom stereocenters. The molecule has 23 heavy (non-hydrogen) atoms. The molecular weight excluding hydrogens is 291 g/mol. The van der Waals surface area contributed by atoms with Gasteiger partial charge in [-0.25, -0.2) is 9.18 Å². The highest BCUT2D eigenvalue weighted by Crippen LogP contribution is 2.19. The molecule has 2 aromatic rings. The van der Waals surface area contributed by atoms with Gasteiger partial charge in [0.05, 0.1) is 5.56 Å². The van der Waals surface area contributed by atoms with Crippen LogP contribution in [0.2, 0.25) is 0 Å². The summed E-state index contributed by atoms with van der Waals surface area (Å²) < 4.78 is 19.1. The van der Waals surface area contributed by atoms with E-state index in [1.807, 2.05) is 19.1 Å². The van der Waals surface area contributed by atoms with Crippen molar-refractivity contribution in [2.24, 2.45) is 0 Å². The summed E-state index contributed by atoms with van der Waals surface area (Å²) in [4.78, 5) is 12.1. The number of carbonyl (C=O) groups excluding carboxylic acids is 1. The molecule has 0 spiro atoms. The number of unbranched alkanes of at least 4 members (excludes halogenated alkanes) is 1. The number of hydrogen-bond acceptors (Lipinski definition) is 2. The summed E-state index contributed by atoms with van der Waals surface area (Å²) in [6.07, 6.45) is 4.84. The van der Waals surface area contributed by atoms with Crippen molar-refractivity contribution in [1.82, 2.24) is 0 Å². The third-order valence-electron chi connectivity index (χ3n) is 3.76. The zero-order chi connectivity index (χ0) is 16.7. The summed E-state index contributed by atoms with van der Waals surface area (Å²) in [6, 6.07) is 12.0. The minimum absolute atomic E-state index is 0.238. The summed E-state index contributed by atoms with van der Waals surface area (Å²) in [7, 11) is 0. The predicted molar refractivity (Wildman–Crippen MR) is 90.4 cm³/mol. The van der Waals surface area contributed by atoms with E-state index in [1.54, 1.807) is 24.3 Å². The number of benzene rings is 2. The lowest BCUT2D eigenvalue weighted by Crippen LogP contribution is -2.09. The van der Waals surface area contributed by atoms with E-state index in [0.717, 1.165) is 25.7 Å². The maximum absolute atomic E-state index is 13.9. The Balaban J connectivity index is 2.02. The van der Waals surface area contributed by atoms with E-state index in [-0.39, 0.29) is 11.6 Å². The summed E-state index contributed by atoms with van der Waals surface area (Å²) >= 11 is 0. The molecule has 0 aliphatic rings. The van der Waals surface area contributed by atoms with Gasteiger partial charge in [-0.15, -0.1) is 0 Å². The SMILES string of the molecule is CCCCc1ccc(C(=O)Oc2ccc(CCC)c(F)c2)cc1. The number of esters is 1. The van der Waals surface area contributed by atoms with Crippen molar-refractivity contribution in [3.63, 3.8) is 0 Å². The standard InChI is InChI=1S/C20H23FO2/c1-3-5-7-15-8-10-17(11-9-15)20(22)23-18-13-12-16(6-4-2)19(21)14-18/h8-14H,3-7H2,1-2H3. The van der Waals surface area contributed by atoms with Crippen LogP contribution in [-0.4, -0.2) is 5.97 Å². The first-order chi connectivity index (χ1) is 11.1. The zero-order valence-corrected chi connectivity index (χ0v) is 13.8. The molecule has 0 aliphatic heterocycles. The molecule has 0 saturated carbocycles. The fraction of sp³-hybridized carbons (Fsp3) is 0.350. The summed E-state index contributed by atoms with van der Waals surface area (Å²) in [5.41, 5.74) is 2.33. The maximum Gasteiger partial charge on any atom is 0.343 e. The lowest BCUT2D eigenvalue weighted by Gasteiger charge is -2.07. The topological polar surface area (TPSA) is 26.3 Å². The van der Waals surface area contributed by atoms with Gasteiger partial charge in [-0.1, -0.05) is 44.9 Å². The van der Waals surface area contributed by atoms with E-state index in [2.05, 4.69) is 6.92 Å². The summed E-state index contributed by atoms with van der Waals surface area (Å²) in [5.74, 6) is -0.552. The first-order valence-electron chi connectivity index (χ1n) is 8.23. The molecule has 3 heteroatoms. The van der Waals surface area contributed by atoms with Crippen molar-refractivity contribution in [3.8, 4) is 5.75 Å². The Morgan fingerprint density at radius 2 is 1.74 bits per heavy atom. The molecule has 0 aromatic heterocycles. The number of ether oxygens (including phenoxy) is 1. The third kappa shape index (κ3) is 4.92. The molecule has 0 bridgehead atoms. The van der Waals surface area contributed by atoms with E-state index in [0.29, 0.717) is 17.5 Å². The molecule has 0 N–H and O–H groups in total. The molecule has 2 rings (SSSR count). The minimum Gasteiger partial charge on any atom is -0.423 e. The van der Waals surface area contributed by atoms with Crippen molar-refractivity contribution in [1.29, 1.82) is 0 Å². The largest absolute Gasteiger partial charge is 0.423 e. The highest BCUT2D eigenvalue weighted by atomic mass is 19.1. The van der Waals surface area contributed by atoms with Crippen LogP contribution in [0.4, 0.5) is 4.39 Å². The third-order valence-corrected chi connectivity index (χ3v) is 3.76. The Morgan fingerprint density at radius 3 is 2.35 bits per heavy atom. The Morgan fingerprint density at radius 1 is 1.00 bits per heavy atom. The zero-order valence-electron chi connectivity index (χ0n) is 13.8. The highest BCUT2D eigenvalue weighted by molar-refractivity contribution is 5.91. The predicted octanol–water partition coefficient (Wildman–Crippen LogP) is 5.34. The molecule has 2 aromatic carbocycles. The van der Waals surface area contributed by atoms with Crippen molar-refractivity contribution in [3.05, 3.63) is 65.0 Å². The molecule has 0 atom stereocenters. The summed E-state index contributed by atoms with van der Waals surface area (Å²) in [5, 5.41) is 0. The van der Waals surface area contributed by atoms with Gasteiger partial charge in [-0.2, -0.15) is 0 Å². The van der Waals surface area contributed by atoms with E-state index in [4.69, 9.17) is 4.74 Å². The Hall–Kier alpha value is -2.16. The highest BCUT2D eigenvalue weighted by Gasteiger charge is 2.10. The first kappa shape index (κ1) is 17.2. The van der Waals surface area contributed by atoms with E-state index < -0.39 is 5.97 Å². The fourth-order valence-corrected chi connectivity index (χ4v) is 2.42. The van der Waals surface area contributed by atoms with Crippen LogP contribution in [-0.2, 0) is 12.8 Å². The van der Waals surface area contributed by atoms with Gasteiger partial charge in [-0.3, -0.25) is 0 Å². The van der Waals surface area contributed by atoms with Crippen molar-refractivity contribution >= 4 is 5.97 Å². The van der Waals surface area contributed by atoms with Crippen molar-refractivity contribution in [2.75, 3.05) is 0 Å². The Labute approximate surface area is 137 Å². The van der Waals surface area contributed by atoms with Crippen molar-refractivity contribution < 1.29 is 13.9 Å². The van der Waals surface area contributed by atoms with Crippen LogP contribution in [0, 0.1) is 5.82 Å². The molecule has 0 radical (unpaired) electrons. The molecule has 0 saturated heterocycles. The van der Waals surface area contributed by atoms with Gasteiger partial charge in [0.2, 0.25) is 0 Å². The second kappa shape index (κ2) is 8.47. The molecule has 2 nitrogen and oxygen atoms in total. The smallest absolute Gasteiger partial charge is 0.343 e. The van der Waals surface area contributed by atoms with Gasteiger partial charge >= 0.3 is 5.97 Å². The Kier molecular flexibility index (Phi) is 6.33. The second-order valence-corrected chi connectivity index (χ2v) is 5.69. The average Bonchev–Trinajstić information content (AvgIpc) is 2.56. The monoisotopic (exact) mass is 314 g/mol. The van der Waals surface area contributed by atoms with Crippen LogP contribution in [0.5, 0.6) is 5.75 Å². The lowest BCUT2D eigenvalue weighted by atomic mass is 10.1. The van der Waals surface area contributed by atoms with E-state index >= 15 is 0 Å². The lowest BCUT2D eigenvalue weighted by molar-refractivity contribution is 0.0734. The van der Waals surface area contributed by atoms with Gasteiger partial charge in [0, 0.05) is 6.07 Å². The van der Waals surface area contributed by atoms with Crippen LogP contribution in [0.25, 0.3) is 0 Å². The van der Waals surface area contributed by atoms with Crippen LogP contribution < -0.4 is 4.74 Å². The first-order valence-corrected chi connectivity index (χ1v) is 8.23. The van der Waals surface area contributed by atoms with Gasteiger partial charge in [0.25, 0.3) is 0 Å². The van der Waals surface area contributed by atoms with Crippen LogP contribution in [0.3, 0.4) is 0 Å². The number of aryl methyl sites for hydroxylation is 2. The van der Waals surface area contributed by atoms with E-state index in [1.165, 1.54) is 11.6 Å². The number of halogens is 1. The fourth-order valence-electron chi connectivity index (χ4n) is 2.42. The minimum atomic E-state index is -0.463. The molecule has 0 fully saturated rings. The number of rotatable bonds is 7. The number of hydrogen-bond donors (Lipinski definition) is 0. The molecular formula is C20H23FO2. The van der Waals surface area contributed by atoms with Gasteiger partial charge in [0.15, 0.2) is 0 Å². The van der Waals surface area contributed by atoms with Gasteiger partial charge < -0.3 is 4.74 Å². The van der Waals surface area contributed by atoms with Gasteiger partial charge in [-0.05, 0) is 48.6 Å². The Bertz CT molecular complexity index is 647. The number of carbonyl (C=O) groups is 1. The quantitative estimate of drug-likeness (QED) is 0.509. The van der Waals surface area contributed by atoms with Crippen LogP contribution >= 0.6 is 0 Å². The molecule has 0 aliphatic carbocycles. The normalized spacial score (nSPS) is 10.6. The molecule has 122 valence electrons. The van der Waals surface area contributed by atoms with Crippen molar-refractivity contribution in [2.45, 2.75) is 46.0 Å². The van der Waals surface area contributed by atoms with Crippen LogP contribution in [0.15, 0.2) is 42.5 Å². The van der Waals surface area contributed by atoms with Gasteiger partial charge in [0.1, 0.15) is 11.6 Å². The summed E-state index contributed by atoms with van der Waals surface area (Å²) in [6.45, 7) is 4.15. The average molecular weight is 314 g/mol. The maximum atomic E-state index is 13.9. The van der Waals surface area contributed by atoms with Crippen LogP contribution in [0.1, 0.15) is 54.6 Å². The second-order valence-electron chi connectivity index (χ2n) is 5.69. The molecule has 0 heterocycles.